The Labute approximate surface area is 167 Å². The molecule has 7 heteroatoms. The van der Waals surface area contributed by atoms with Crippen LogP contribution in [0, 0.1) is 17.0 Å². The molecule has 0 fully saturated rings. The third kappa shape index (κ3) is 4.61. The Balaban J connectivity index is 1.74. The molecule has 0 atom stereocenters. The Bertz CT molecular complexity index is 1010. The molecule has 3 aromatic carbocycles. The number of benzene rings is 3. The van der Waals surface area contributed by atoms with E-state index in [0.717, 1.165) is 22.5 Å². The van der Waals surface area contributed by atoms with E-state index < -0.39 is 0 Å². The fraction of sp³-hybridized carbons (Fsp3) is 0.0500. The van der Waals surface area contributed by atoms with Crippen LogP contribution in [0.3, 0.4) is 0 Å². The SMILES string of the molecule is Cc1ccc(Cl)cc1NC(=S)Nc1ccc(-c2ccccc2[N+](=O)[O-])cc1. The maximum Gasteiger partial charge on any atom is 0.277 e. The summed E-state index contributed by atoms with van der Waals surface area (Å²) in [6.07, 6.45) is 0. The molecule has 3 aromatic rings. The average molecular weight is 398 g/mol. The van der Waals surface area contributed by atoms with E-state index in [1.54, 1.807) is 18.2 Å². The zero-order valence-corrected chi connectivity index (χ0v) is 16.0. The number of hydrogen-bond acceptors (Lipinski definition) is 3. The number of anilines is 2. The first-order valence-electron chi connectivity index (χ1n) is 8.12. The summed E-state index contributed by atoms with van der Waals surface area (Å²) < 4.78 is 0. The fourth-order valence-corrected chi connectivity index (χ4v) is 3.02. The number of aryl methyl sites for hydroxylation is 1. The molecule has 136 valence electrons. The van der Waals surface area contributed by atoms with Crippen LogP contribution in [0.1, 0.15) is 5.56 Å². The van der Waals surface area contributed by atoms with Crippen LogP contribution in [0.25, 0.3) is 11.1 Å². The first kappa shape index (κ1) is 18.8. The first-order valence-corrected chi connectivity index (χ1v) is 8.90. The molecule has 0 aliphatic rings. The number of rotatable bonds is 4. The van der Waals surface area contributed by atoms with Crippen LogP contribution < -0.4 is 10.6 Å². The fourth-order valence-electron chi connectivity index (χ4n) is 2.62. The molecule has 27 heavy (non-hydrogen) atoms. The molecule has 0 aromatic heterocycles. The minimum absolute atomic E-state index is 0.0758. The maximum atomic E-state index is 11.2. The normalized spacial score (nSPS) is 10.3. The largest absolute Gasteiger partial charge is 0.332 e. The number of para-hydroxylation sites is 1. The third-order valence-corrected chi connectivity index (χ3v) is 4.44. The van der Waals surface area contributed by atoms with Gasteiger partial charge in [0.25, 0.3) is 5.69 Å². The van der Waals surface area contributed by atoms with Gasteiger partial charge in [-0.05, 0) is 60.6 Å². The van der Waals surface area contributed by atoms with E-state index in [2.05, 4.69) is 10.6 Å². The lowest BCUT2D eigenvalue weighted by Gasteiger charge is -2.13. The summed E-state index contributed by atoms with van der Waals surface area (Å²) in [7, 11) is 0. The van der Waals surface area contributed by atoms with Crippen LogP contribution >= 0.6 is 23.8 Å². The van der Waals surface area contributed by atoms with Gasteiger partial charge in [-0.25, -0.2) is 0 Å². The van der Waals surface area contributed by atoms with E-state index in [1.165, 1.54) is 6.07 Å². The number of halogens is 1. The average Bonchev–Trinajstić information content (AvgIpc) is 2.65. The quantitative estimate of drug-likeness (QED) is 0.319. The van der Waals surface area contributed by atoms with Crippen molar-refractivity contribution >= 4 is 46.0 Å². The number of nitrogens with zero attached hydrogens (tertiary/aromatic N) is 1. The highest BCUT2D eigenvalue weighted by Gasteiger charge is 2.13. The van der Waals surface area contributed by atoms with E-state index >= 15 is 0 Å². The molecular weight excluding hydrogens is 382 g/mol. The Hall–Kier alpha value is -2.96. The number of nitro groups is 1. The van der Waals surface area contributed by atoms with Crippen molar-refractivity contribution in [2.24, 2.45) is 0 Å². The monoisotopic (exact) mass is 397 g/mol. The van der Waals surface area contributed by atoms with Gasteiger partial charge in [0, 0.05) is 22.5 Å². The van der Waals surface area contributed by atoms with Crippen LogP contribution in [-0.4, -0.2) is 10.0 Å². The highest BCUT2D eigenvalue weighted by atomic mass is 35.5. The molecule has 0 saturated heterocycles. The zero-order chi connectivity index (χ0) is 19.4. The summed E-state index contributed by atoms with van der Waals surface area (Å²) >= 11 is 11.4. The molecule has 5 nitrogen and oxygen atoms in total. The van der Waals surface area contributed by atoms with Gasteiger partial charge in [0.2, 0.25) is 0 Å². The van der Waals surface area contributed by atoms with E-state index in [0.29, 0.717) is 15.7 Å². The summed E-state index contributed by atoms with van der Waals surface area (Å²) in [4.78, 5) is 10.8. The lowest BCUT2D eigenvalue weighted by atomic mass is 10.0. The van der Waals surface area contributed by atoms with Crippen molar-refractivity contribution in [3.05, 3.63) is 87.4 Å². The zero-order valence-electron chi connectivity index (χ0n) is 14.4. The van der Waals surface area contributed by atoms with Crippen molar-refractivity contribution in [2.75, 3.05) is 10.6 Å². The van der Waals surface area contributed by atoms with Crippen LogP contribution in [0.15, 0.2) is 66.7 Å². The summed E-state index contributed by atoms with van der Waals surface area (Å²) in [6, 6.07) is 19.5. The van der Waals surface area contributed by atoms with Gasteiger partial charge >= 0.3 is 0 Å². The Kier molecular flexibility index (Phi) is 5.69. The number of thiocarbonyl (C=S) groups is 1. The molecule has 0 aliphatic carbocycles. The Morgan fingerprint density at radius 3 is 2.44 bits per heavy atom. The maximum absolute atomic E-state index is 11.2. The lowest BCUT2D eigenvalue weighted by Crippen LogP contribution is -2.19. The van der Waals surface area contributed by atoms with E-state index in [-0.39, 0.29) is 10.6 Å². The molecule has 2 N–H and O–H groups in total. The Morgan fingerprint density at radius 2 is 1.74 bits per heavy atom. The van der Waals surface area contributed by atoms with Gasteiger partial charge in [0.05, 0.1) is 10.5 Å². The molecule has 0 amide bonds. The van der Waals surface area contributed by atoms with Crippen molar-refractivity contribution < 1.29 is 4.92 Å². The van der Waals surface area contributed by atoms with Gasteiger partial charge in [-0.3, -0.25) is 10.1 Å². The molecule has 0 unspecified atom stereocenters. The smallest absolute Gasteiger partial charge is 0.277 e. The number of nitrogens with one attached hydrogen (secondary N) is 2. The van der Waals surface area contributed by atoms with Gasteiger partial charge in [0.1, 0.15) is 0 Å². The van der Waals surface area contributed by atoms with Crippen molar-refractivity contribution in [1.82, 2.24) is 0 Å². The van der Waals surface area contributed by atoms with E-state index in [4.69, 9.17) is 23.8 Å². The predicted octanol–water partition coefficient (Wildman–Crippen LogP) is 6.03. The summed E-state index contributed by atoms with van der Waals surface area (Å²) in [5, 5.41) is 18.5. The highest BCUT2D eigenvalue weighted by Crippen LogP contribution is 2.30. The summed E-state index contributed by atoms with van der Waals surface area (Å²) in [5.41, 5.74) is 4.04. The molecule has 0 aliphatic heterocycles. The lowest BCUT2D eigenvalue weighted by molar-refractivity contribution is -0.384. The van der Waals surface area contributed by atoms with Gasteiger partial charge in [0.15, 0.2) is 5.11 Å². The summed E-state index contributed by atoms with van der Waals surface area (Å²) in [5.74, 6) is 0. The molecule has 0 bridgehead atoms. The predicted molar refractivity (Wildman–Crippen MR) is 115 cm³/mol. The third-order valence-electron chi connectivity index (χ3n) is 4.00. The molecule has 0 saturated carbocycles. The minimum atomic E-state index is -0.381. The Morgan fingerprint density at radius 1 is 1.04 bits per heavy atom. The van der Waals surface area contributed by atoms with Crippen molar-refractivity contribution in [3.8, 4) is 11.1 Å². The van der Waals surface area contributed by atoms with E-state index in [9.17, 15) is 10.1 Å². The van der Waals surface area contributed by atoms with Crippen molar-refractivity contribution in [2.45, 2.75) is 6.92 Å². The molecule has 0 radical (unpaired) electrons. The second-order valence-corrected chi connectivity index (χ2v) is 6.73. The van der Waals surface area contributed by atoms with Gasteiger partial charge in [-0.1, -0.05) is 41.9 Å². The van der Waals surface area contributed by atoms with Gasteiger partial charge < -0.3 is 10.6 Å². The van der Waals surface area contributed by atoms with Crippen LogP contribution in [0.4, 0.5) is 17.1 Å². The number of hydrogen-bond donors (Lipinski definition) is 2. The van der Waals surface area contributed by atoms with Crippen LogP contribution in [-0.2, 0) is 0 Å². The van der Waals surface area contributed by atoms with Crippen molar-refractivity contribution in [3.63, 3.8) is 0 Å². The molecule has 3 rings (SSSR count). The van der Waals surface area contributed by atoms with Gasteiger partial charge in [-0.2, -0.15) is 0 Å². The second-order valence-electron chi connectivity index (χ2n) is 5.89. The molecule has 0 heterocycles. The number of nitro benzene ring substituents is 1. The standard InChI is InChI=1S/C20H16ClN3O2S/c1-13-6-9-15(21)12-18(13)23-20(27)22-16-10-7-14(8-11-16)17-4-2-3-5-19(17)24(25)26/h2-12H,1H3,(H2,22,23,27). The van der Waals surface area contributed by atoms with Gasteiger partial charge in [-0.15, -0.1) is 0 Å². The molecular formula is C20H16ClN3O2S. The van der Waals surface area contributed by atoms with Crippen molar-refractivity contribution in [1.29, 1.82) is 0 Å². The minimum Gasteiger partial charge on any atom is -0.332 e. The van der Waals surface area contributed by atoms with E-state index in [1.807, 2.05) is 49.4 Å². The topological polar surface area (TPSA) is 67.2 Å². The summed E-state index contributed by atoms with van der Waals surface area (Å²) in [6.45, 7) is 1.96. The second kappa shape index (κ2) is 8.16. The van der Waals surface area contributed by atoms with Crippen LogP contribution in [0.5, 0.6) is 0 Å². The molecule has 0 spiro atoms. The van der Waals surface area contributed by atoms with Crippen LogP contribution in [0.2, 0.25) is 5.02 Å². The first-order chi connectivity index (χ1) is 12.9. The highest BCUT2D eigenvalue weighted by molar-refractivity contribution is 7.80.